The summed E-state index contributed by atoms with van der Waals surface area (Å²) in [5.74, 6) is 6.24. The molecule has 1 aromatic rings. The van der Waals surface area contributed by atoms with Crippen molar-refractivity contribution in [3.8, 4) is 6.07 Å². The molecule has 0 aromatic carbocycles. The van der Waals surface area contributed by atoms with E-state index < -0.39 is 0 Å². The lowest BCUT2D eigenvalue weighted by Crippen LogP contribution is -2.28. The van der Waals surface area contributed by atoms with Gasteiger partial charge in [0.1, 0.15) is 5.02 Å². The number of anilines is 2. The van der Waals surface area contributed by atoms with Crippen LogP contribution in [0.2, 0.25) is 5.02 Å². The van der Waals surface area contributed by atoms with Crippen LogP contribution >= 0.6 is 11.6 Å². The zero-order chi connectivity index (χ0) is 12.3. The van der Waals surface area contributed by atoms with E-state index in [9.17, 15) is 0 Å². The second-order valence-electron chi connectivity index (χ2n) is 3.84. The second kappa shape index (κ2) is 5.17. The fourth-order valence-corrected chi connectivity index (χ4v) is 1.85. The molecule has 0 aliphatic heterocycles. The van der Waals surface area contributed by atoms with Crippen LogP contribution in [-0.4, -0.2) is 22.6 Å². The quantitative estimate of drug-likeness (QED) is 0.606. The molecular formula is C10H13ClN6. The van der Waals surface area contributed by atoms with Crippen LogP contribution in [0.1, 0.15) is 19.3 Å². The van der Waals surface area contributed by atoms with Crippen molar-refractivity contribution in [1.82, 2.24) is 9.97 Å². The number of halogens is 1. The first-order valence-electron chi connectivity index (χ1n) is 5.39. The van der Waals surface area contributed by atoms with E-state index in [-0.39, 0.29) is 0 Å². The summed E-state index contributed by atoms with van der Waals surface area (Å²) < 4.78 is 0. The summed E-state index contributed by atoms with van der Waals surface area (Å²) in [6.07, 6.45) is 4.18. The van der Waals surface area contributed by atoms with Crippen LogP contribution in [-0.2, 0) is 0 Å². The molecule has 1 saturated carbocycles. The molecule has 2 rings (SSSR count). The smallest absolute Gasteiger partial charge is 0.239 e. The van der Waals surface area contributed by atoms with E-state index in [2.05, 4.69) is 21.5 Å². The van der Waals surface area contributed by atoms with Crippen LogP contribution in [0.25, 0.3) is 0 Å². The van der Waals surface area contributed by atoms with Crippen molar-refractivity contribution < 1.29 is 0 Å². The van der Waals surface area contributed by atoms with Crippen LogP contribution in [0.5, 0.6) is 0 Å². The predicted molar refractivity (Wildman–Crippen MR) is 65.5 cm³/mol. The monoisotopic (exact) mass is 252 g/mol. The number of hydrogen-bond acceptors (Lipinski definition) is 6. The summed E-state index contributed by atoms with van der Waals surface area (Å²) in [6, 6.07) is 2.56. The van der Waals surface area contributed by atoms with Gasteiger partial charge in [-0.1, -0.05) is 11.6 Å². The first-order chi connectivity index (χ1) is 8.26. The highest BCUT2D eigenvalue weighted by Crippen LogP contribution is 2.34. The molecule has 0 spiro atoms. The maximum atomic E-state index is 8.66. The summed E-state index contributed by atoms with van der Waals surface area (Å²) in [5, 5.41) is 9.14. The molecule has 1 aliphatic carbocycles. The minimum absolute atomic E-state index is 0.326. The molecule has 1 aliphatic rings. The topological polar surface area (TPSA) is 90.9 Å². The summed E-state index contributed by atoms with van der Waals surface area (Å²) in [5.41, 5.74) is 2.39. The fourth-order valence-electron chi connectivity index (χ4n) is 1.65. The predicted octanol–water partition coefficient (Wildman–Crippen LogP) is 1.30. The van der Waals surface area contributed by atoms with Crippen molar-refractivity contribution in [2.24, 2.45) is 5.84 Å². The largest absolute Gasteiger partial charge is 0.351 e. The Bertz CT molecular complexity index is 439. The van der Waals surface area contributed by atoms with Gasteiger partial charge in [0.2, 0.25) is 5.95 Å². The first-order valence-corrected chi connectivity index (χ1v) is 5.77. The van der Waals surface area contributed by atoms with Gasteiger partial charge in [0, 0.05) is 12.6 Å². The molecule has 0 atom stereocenters. The zero-order valence-corrected chi connectivity index (χ0v) is 9.98. The zero-order valence-electron chi connectivity index (χ0n) is 9.23. The minimum Gasteiger partial charge on any atom is -0.351 e. The third-order valence-corrected chi connectivity index (χ3v) is 2.85. The summed E-state index contributed by atoms with van der Waals surface area (Å²) >= 11 is 6.08. The van der Waals surface area contributed by atoms with Crippen LogP contribution < -0.4 is 16.2 Å². The minimum atomic E-state index is 0.326. The highest BCUT2D eigenvalue weighted by atomic mass is 35.5. The lowest BCUT2D eigenvalue weighted by atomic mass is 10.3. The van der Waals surface area contributed by atoms with E-state index in [0.717, 1.165) is 12.8 Å². The molecular weight excluding hydrogens is 240 g/mol. The van der Waals surface area contributed by atoms with E-state index in [0.29, 0.717) is 35.8 Å². The van der Waals surface area contributed by atoms with E-state index in [1.807, 2.05) is 4.90 Å². The number of nitrogen functional groups attached to an aromatic ring is 1. The van der Waals surface area contributed by atoms with Gasteiger partial charge in [0.15, 0.2) is 5.82 Å². The molecule has 0 saturated heterocycles. The van der Waals surface area contributed by atoms with Crippen LogP contribution in [0, 0.1) is 11.3 Å². The summed E-state index contributed by atoms with van der Waals surface area (Å²) in [7, 11) is 0. The standard InChI is InChI=1S/C10H13ClN6/c11-8-6-14-10(16-13)15-9(8)17(5-1-4-12)7-2-3-7/h6-7H,1-3,5,13H2,(H,14,15,16). The second-order valence-corrected chi connectivity index (χ2v) is 4.25. The fraction of sp³-hybridized carbons (Fsp3) is 0.500. The number of aromatic nitrogens is 2. The number of nitrogens with two attached hydrogens (primary N) is 1. The highest BCUT2D eigenvalue weighted by molar-refractivity contribution is 6.32. The third-order valence-electron chi connectivity index (χ3n) is 2.58. The molecule has 90 valence electrons. The van der Waals surface area contributed by atoms with Crippen molar-refractivity contribution in [2.45, 2.75) is 25.3 Å². The van der Waals surface area contributed by atoms with Crippen molar-refractivity contribution in [3.05, 3.63) is 11.2 Å². The van der Waals surface area contributed by atoms with Gasteiger partial charge in [-0.3, -0.25) is 5.43 Å². The lowest BCUT2D eigenvalue weighted by molar-refractivity contribution is 0.776. The Morgan fingerprint density at radius 2 is 2.41 bits per heavy atom. The molecule has 7 heteroatoms. The van der Waals surface area contributed by atoms with E-state index in [4.69, 9.17) is 22.7 Å². The normalized spacial score (nSPS) is 14.2. The van der Waals surface area contributed by atoms with Crippen molar-refractivity contribution in [2.75, 3.05) is 16.9 Å². The molecule has 3 N–H and O–H groups in total. The number of rotatable bonds is 5. The van der Waals surface area contributed by atoms with Crippen LogP contribution in [0.4, 0.5) is 11.8 Å². The number of hydrogen-bond donors (Lipinski definition) is 2. The van der Waals surface area contributed by atoms with Crippen LogP contribution in [0.15, 0.2) is 6.20 Å². The maximum Gasteiger partial charge on any atom is 0.239 e. The van der Waals surface area contributed by atoms with E-state index in [1.165, 1.54) is 6.20 Å². The van der Waals surface area contributed by atoms with Crippen molar-refractivity contribution in [3.63, 3.8) is 0 Å². The van der Waals surface area contributed by atoms with Crippen molar-refractivity contribution in [1.29, 1.82) is 5.26 Å². The molecule has 0 radical (unpaired) electrons. The molecule has 17 heavy (non-hydrogen) atoms. The molecule has 1 heterocycles. The number of nitrogens with one attached hydrogen (secondary N) is 1. The molecule has 0 unspecified atom stereocenters. The SMILES string of the molecule is N#CCCN(c1nc(NN)ncc1Cl)C1CC1. The highest BCUT2D eigenvalue weighted by Gasteiger charge is 2.31. The van der Waals surface area contributed by atoms with Gasteiger partial charge in [-0.15, -0.1) is 0 Å². The Kier molecular flexibility index (Phi) is 3.61. The first kappa shape index (κ1) is 11.9. The van der Waals surface area contributed by atoms with Crippen LogP contribution in [0.3, 0.4) is 0 Å². The Hall–Kier alpha value is -1.58. The van der Waals surface area contributed by atoms with Gasteiger partial charge in [0.05, 0.1) is 18.7 Å². The van der Waals surface area contributed by atoms with Gasteiger partial charge >= 0.3 is 0 Å². The van der Waals surface area contributed by atoms with Gasteiger partial charge in [-0.25, -0.2) is 10.8 Å². The Morgan fingerprint density at radius 3 is 3.00 bits per heavy atom. The summed E-state index contributed by atoms with van der Waals surface area (Å²) in [4.78, 5) is 10.2. The average Bonchev–Trinajstić information content (AvgIpc) is 3.16. The van der Waals surface area contributed by atoms with Gasteiger partial charge in [0.25, 0.3) is 0 Å². The number of nitriles is 1. The van der Waals surface area contributed by atoms with Gasteiger partial charge in [-0.05, 0) is 12.8 Å². The molecule has 1 aromatic heterocycles. The lowest BCUT2D eigenvalue weighted by Gasteiger charge is -2.23. The Labute approximate surface area is 104 Å². The van der Waals surface area contributed by atoms with E-state index >= 15 is 0 Å². The number of hydrazine groups is 1. The van der Waals surface area contributed by atoms with E-state index in [1.54, 1.807) is 0 Å². The number of nitrogens with zero attached hydrogens (tertiary/aromatic N) is 4. The third kappa shape index (κ3) is 2.75. The Morgan fingerprint density at radius 1 is 1.65 bits per heavy atom. The average molecular weight is 253 g/mol. The molecule has 1 fully saturated rings. The Balaban J connectivity index is 2.24. The maximum absolute atomic E-state index is 8.66. The van der Waals surface area contributed by atoms with Gasteiger partial charge < -0.3 is 4.90 Å². The van der Waals surface area contributed by atoms with Crippen molar-refractivity contribution >= 4 is 23.4 Å². The molecule has 6 nitrogen and oxygen atoms in total. The molecule has 0 bridgehead atoms. The summed E-state index contributed by atoms with van der Waals surface area (Å²) in [6.45, 7) is 0.627. The van der Waals surface area contributed by atoms with Gasteiger partial charge in [-0.2, -0.15) is 10.2 Å². The molecule has 0 amide bonds.